The van der Waals surface area contributed by atoms with E-state index < -0.39 is 0 Å². The molecular formula is C17H34N2. The zero-order valence-corrected chi connectivity index (χ0v) is 13.5. The minimum absolute atomic E-state index is 0.455. The van der Waals surface area contributed by atoms with Crippen molar-refractivity contribution in [3.8, 4) is 0 Å². The van der Waals surface area contributed by atoms with E-state index >= 15 is 0 Å². The average Bonchev–Trinajstić information content (AvgIpc) is 2.39. The number of nitrogens with zero attached hydrogens (tertiary/aromatic N) is 1. The van der Waals surface area contributed by atoms with Crippen LogP contribution in [0.3, 0.4) is 0 Å². The summed E-state index contributed by atoms with van der Waals surface area (Å²) in [6, 6.07) is 0.738. The van der Waals surface area contributed by atoms with Crippen LogP contribution >= 0.6 is 0 Å². The van der Waals surface area contributed by atoms with Gasteiger partial charge in [0.25, 0.3) is 0 Å². The maximum atomic E-state index is 3.95. The molecule has 1 aliphatic heterocycles. The molecule has 2 heteroatoms. The van der Waals surface area contributed by atoms with Gasteiger partial charge < -0.3 is 5.32 Å². The second-order valence-electron chi connectivity index (χ2n) is 7.48. The first-order valence-corrected chi connectivity index (χ1v) is 8.55. The lowest BCUT2D eigenvalue weighted by Crippen LogP contribution is -2.66. The molecule has 2 fully saturated rings. The Balaban J connectivity index is 2.03. The van der Waals surface area contributed by atoms with Crippen LogP contribution in [0.5, 0.6) is 0 Å². The lowest BCUT2D eigenvalue weighted by molar-refractivity contribution is 0.0271. The monoisotopic (exact) mass is 266 g/mol. The number of rotatable bonds is 4. The SMILES string of the molecule is CCC(C)CN1CC2(CCCCC2)NCC1C(C)C. The highest BCUT2D eigenvalue weighted by molar-refractivity contribution is 5.00. The Morgan fingerprint density at radius 3 is 2.42 bits per heavy atom. The van der Waals surface area contributed by atoms with E-state index in [4.69, 9.17) is 0 Å². The third-order valence-electron chi connectivity index (χ3n) is 5.48. The Morgan fingerprint density at radius 1 is 1.16 bits per heavy atom. The van der Waals surface area contributed by atoms with Crippen LogP contribution in [0.2, 0.25) is 0 Å². The molecule has 2 atom stereocenters. The smallest absolute Gasteiger partial charge is 0.0309 e. The summed E-state index contributed by atoms with van der Waals surface area (Å²) >= 11 is 0. The molecule has 2 unspecified atom stereocenters. The topological polar surface area (TPSA) is 15.3 Å². The Bertz CT molecular complexity index is 268. The largest absolute Gasteiger partial charge is 0.308 e. The highest BCUT2D eigenvalue weighted by Crippen LogP contribution is 2.33. The van der Waals surface area contributed by atoms with E-state index in [9.17, 15) is 0 Å². The summed E-state index contributed by atoms with van der Waals surface area (Å²) in [4.78, 5) is 2.82. The van der Waals surface area contributed by atoms with Gasteiger partial charge in [-0.25, -0.2) is 0 Å². The van der Waals surface area contributed by atoms with Crippen LogP contribution in [0.15, 0.2) is 0 Å². The van der Waals surface area contributed by atoms with Crippen molar-refractivity contribution in [3.05, 3.63) is 0 Å². The average molecular weight is 266 g/mol. The molecule has 1 saturated heterocycles. The van der Waals surface area contributed by atoms with Gasteiger partial charge >= 0.3 is 0 Å². The number of nitrogens with one attached hydrogen (secondary N) is 1. The van der Waals surface area contributed by atoms with Crippen molar-refractivity contribution >= 4 is 0 Å². The summed E-state index contributed by atoms with van der Waals surface area (Å²) in [6.07, 6.45) is 8.40. The molecule has 112 valence electrons. The molecule has 1 saturated carbocycles. The van der Waals surface area contributed by atoms with Crippen molar-refractivity contribution in [2.24, 2.45) is 11.8 Å². The van der Waals surface area contributed by atoms with Gasteiger partial charge in [0.1, 0.15) is 0 Å². The maximum absolute atomic E-state index is 3.95. The number of piperazine rings is 1. The van der Waals surface area contributed by atoms with Crippen LogP contribution < -0.4 is 5.32 Å². The summed E-state index contributed by atoms with van der Waals surface area (Å²) in [7, 11) is 0. The normalized spacial score (nSPS) is 29.8. The molecule has 1 spiro atoms. The van der Waals surface area contributed by atoms with Gasteiger partial charge in [0.05, 0.1) is 0 Å². The van der Waals surface area contributed by atoms with E-state index in [1.54, 1.807) is 0 Å². The second-order valence-corrected chi connectivity index (χ2v) is 7.48. The Morgan fingerprint density at radius 2 is 1.84 bits per heavy atom. The highest BCUT2D eigenvalue weighted by atomic mass is 15.3. The molecule has 0 aromatic carbocycles. The minimum atomic E-state index is 0.455. The van der Waals surface area contributed by atoms with Crippen LogP contribution in [0, 0.1) is 11.8 Å². The van der Waals surface area contributed by atoms with Gasteiger partial charge in [0, 0.05) is 31.2 Å². The molecule has 0 aromatic rings. The summed E-state index contributed by atoms with van der Waals surface area (Å²) < 4.78 is 0. The lowest BCUT2D eigenvalue weighted by atomic mass is 9.78. The Labute approximate surface area is 120 Å². The predicted molar refractivity (Wildman–Crippen MR) is 83.5 cm³/mol. The molecule has 2 nitrogen and oxygen atoms in total. The van der Waals surface area contributed by atoms with E-state index in [1.165, 1.54) is 58.2 Å². The van der Waals surface area contributed by atoms with Gasteiger partial charge in [-0.05, 0) is 24.7 Å². The molecule has 1 N–H and O–H groups in total. The van der Waals surface area contributed by atoms with E-state index in [-0.39, 0.29) is 0 Å². The highest BCUT2D eigenvalue weighted by Gasteiger charge is 2.40. The Hall–Kier alpha value is -0.0800. The van der Waals surface area contributed by atoms with Crippen LogP contribution in [0.25, 0.3) is 0 Å². The van der Waals surface area contributed by atoms with Crippen LogP contribution in [0.4, 0.5) is 0 Å². The van der Waals surface area contributed by atoms with Gasteiger partial charge in [-0.1, -0.05) is 53.4 Å². The molecule has 1 aliphatic carbocycles. The van der Waals surface area contributed by atoms with Crippen LogP contribution in [-0.4, -0.2) is 36.1 Å². The second kappa shape index (κ2) is 6.58. The van der Waals surface area contributed by atoms with E-state index in [0.29, 0.717) is 5.54 Å². The number of hydrogen-bond acceptors (Lipinski definition) is 2. The fraction of sp³-hybridized carbons (Fsp3) is 1.00. The fourth-order valence-corrected chi connectivity index (χ4v) is 3.96. The van der Waals surface area contributed by atoms with Crippen molar-refractivity contribution in [1.82, 2.24) is 10.2 Å². The molecule has 0 radical (unpaired) electrons. The molecule has 1 heterocycles. The van der Waals surface area contributed by atoms with E-state index in [2.05, 4.69) is 37.9 Å². The van der Waals surface area contributed by atoms with E-state index in [1.807, 2.05) is 0 Å². The molecule has 19 heavy (non-hydrogen) atoms. The first kappa shape index (κ1) is 15.3. The quantitative estimate of drug-likeness (QED) is 0.835. The lowest BCUT2D eigenvalue weighted by Gasteiger charge is -2.51. The molecule has 0 amide bonds. The third-order valence-corrected chi connectivity index (χ3v) is 5.48. The van der Waals surface area contributed by atoms with Gasteiger partial charge in [-0.15, -0.1) is 0 Å². The third kappa shape index (κ3) is 3.72. The summed E-state index contributed by atoms with van der Waals surface area (Å²) in [5.74, 6) is 1.59. The van der Waals surface area contributed by atoms with Crippen molar-refractivity contribution in [2.75, 3.05) is 19.6 Å². The van der Waals surface area contributed by atoms with Crippen LogP contribution in [0.1, 0.15) is 66.2 Å². The van der Waals surface area contributed by atoms with Gasteiger partial charge in [0.2, 0.25) is 0 Å². The van der Waals surface area contributed by atoms with Crippen molar-refractivity contribution in [3.63, 3.8) is 0 Å². The van der Waals surface area contributed by atoms with Crippen molar-refractivity contribution < 1.29 is 0 Å². The molecular weight excluding hydrogens is 232 g/mol. The first-order chi connectivity index (χ1) is 9.06. The molecule has 0 aromatic heterocycles. The van der Waals surface area contributed by atoms with Gasteiger partial charge in [-0.3, -0.25) is 4.90 Å². The fourth-order valence-electron chi connectivity index (χ4n) is 3.96. The minimum Gasteiger partial charge on any atom is -0.308 e. The first-order valence-electron chi connectivity index (χ1n) is 8.55. The predicted octanol–water partition coefficient (Wildman–Crippen LogP) is 3.67. The Kier molecular flexibility index (Phi) is 5.30. The van der Waals surface area contributed by atoms with Crippen molar-refractivity contribution in [1.29, 1.82) is 0 Å². The van der Waals surface area contributed by atoms with Crippen molar-refractivity contribution in [2.45, 2.75) is 77.8 Å². The molecule has 2 rings (SSSR count). The van der Waals surface area contributed by atoms with Crippen LogP contribution in [-0.2, 0) is 0 Å². The maximum Gasteiger partial charge on any atom is 0.0309 e. The summed E-state index contributed by atoms with van der Waals surface area (Å²) in [5.41, 5.74) is 0.455. The van der Waals surface area contributed by atoms with E-state index in [0.717, 1.165) is 17.9 Å². The zero-order chi connectivity index (χ0) is 13.9. The molecule has 0 bridgehead atoms. The van der Waals surface area contributed by atoms with Gasteiger partial charge in [-0.2, -0.15) is 0 Å². The van der Waals surface area contributed by atoms with Gasteiger partial charge in [0.15, 0.2) is 0 Å². The zero-order valence-electron chi connectivity index (χ0n) is 13.5. The molecule has 2 aliphatic rings. The summed E-state index contributed by atoms with van der Waals surface area (Å²) in [6.45, 7) is 13.3. The standard InChI is InChI=1S/C17H34N2/c1-5-15(4)12-19-13-17(9-7-6-8-10-17)18-11-16(19)14(2)3/h14-16,18H,5-13H2,1-4H3. The summed E-state index contributed by atoms with van der Waals surface area (Å²) in [5, 5.41) is 3.95. The number of hydrogen-bond donors (Lipinski definition) is 1.